The summed E-state index contributed by atoms with van der Waals surface area (Å²) in [5, 5.41) is 30.1. The summed E-state index contributed by atoms with van der Waals surface area (Å²) in [6.45, 7) is 14.8. The summed E-state index contributed by atoms with van der Waals surface area (Å²) in [5.41, 5.74) is 1.32. The molecule has 0 spiro atoms. The summed E-state index contributed by atoms with van der Waals surface area (Å²) < 4.78 is 60.1. The number of Topliss-reactive ketones (excluding diaryl/α,β-unsaturated/α-hetero) is 2. The zero-order valence-corrected chi connectivity index (χ0v) is 71.1. The van der Waals surface area contributed by atoms with Crippen molar-refractivity contribution in [1.29, 1.82) is 0 Å². The molecule has 0 radical (unpaired) electrons. The van der Waals surface area contributed by atoms with E-state index in [1.807, 2.05) is 19.9 Å². The lowest BCUT2D eigenvalue weighted by Gasteiger charge is -2.40. The van der Waals surface area contributed by atoms with Gasteiger partial charge in [0.05, 0.1) is 48.6 Å². The van der Waals surface area contributed by atoms with Crippen LogP contribution in [-0.4, -0.2) is 167 Å². The molecule has 6 atom stereocenters. The fourth-order valence-electron chi connectivity index (χ4n) is 13.7. The number of esters is 2. The molecule has 0 saturated heterocycles. The predicted molar refractivity (Wildman–Crippen MR) is 438 cm³/mol. The molecule has 1 saturated carbocycles. The molecule has 1 aromatic carbocycles. The van der Waals surface area contributed by atoms with Crippen molar-refractivity contribution in [2.45, 2.75) is 359 Å². The van der Waals surface area contributed by atoms with Gasteiger partial charge in [0.25, 0.3) is 5.91 Å². The maximum atomic E-state index is 13.5. The number of benzene rings is 1. The van der Waals surface area contributed by atoms with Gasteiger partial charge in [-0.1, -0.05) is 200 Å². The van der Waals surface area contributed by atoms with Crippen LogP contribution in [0.2, 0.25) is 0 Å². The fraction of sp³-hybridized carbons (Fsp3) is 0.774. The van der Waals surface area contributed by atoms with E-state index in [0.717, 1.165) is 69.4 Å². The Morgan fingerprint density at radius 2 is 1.16 bits per heavy atom. The minimum absolute atomic E-state index is 0.0594. The van der Waals surface area contributed by atoms with Gasteiger partial charge in [-0.3, -0.25) is 52.1 Å². The van der Waals surface area contributed by atoms with Crippen LogP contribution >= 0.6 is 7.82 Å². The number of ketones is 2. The Morgan fingerprint density at radius 1 is 0.625 bits per heavy atom. The summed E-state index contributed by atoms with van der Waals surface area (Å²) in [5.74, 6) is -3.52. The SMILES string of the molecule is CCCCCCCCCCCCCCCCCC(=O)OCC(COP(=O)(O)OCCNC(=O)C(C)(C)OCCC(C)(C)NC1C(=O)C(=O)C1NCCNC(=O)CCCOc1cc(C)c(S(=O)CNC(NC(=O)CCCCc2ccc3c(n2)NCCC3)C(=O)O)c(C)c1)OC(=O)CCCCCCCCCCCCCCCCC. The third-order valence-electron chi connectivity index (χ3n) is 20.5. The number of aryl methyl sites for hydroxylation is 4. The van der Waals surface area contributed by atoms with E-state index < -0.39 is 109 Å². The number of carbonyl (C=O) groups excluding carboxylic acids is 7. The Labute approximate surface area is 672 Å². The number of carboxylic acids is 1. The van der Waals surface area contributed by atoms with E-state index in [2.05, 4.69) is 62.1 Å². The van der Waals surface area contributed by atoms with Crippen LogP contribution in [0.5, 0.6) is 5.75 Å². The molecule has 26 nitrogen and oxygen atoms in total. The van der Waals surface area contributed by atoms with Crippen LogP contribution in [0.3, 0.4) is 0 Å². The van der Waals surface area contributed by atoms with Crippen molar-refractivity contribution in [3.63, 3.8) is 0 Å². The van der Waals surface area contributed by atoms with Gasteiger partial charge in [-0.05, 0) is 134 Å². The van der Waals surface area contributed by atoms with E-state index in [1.54, 1.807) is 39.8 Å². The second-order valence-electron chi connectivity index (χ2n) is 31.6. The molecular weight excluding hydrogens is 1470 g/mol. The largest absolute Gasteiger partial charge is 0.494 e. The number of anilines is 1. The van der Waals surface area contributed by atoms with Gasteiger partial charge >= 0.3 is 25.7 Å². The number of pyridine rings is 1. The van der Waals surface area contributed by atoms with Gasteiger partial charge in [0.1, 0.15) is 23.8 Å². The maximum Gasteiger partial charge on any atom is 0.472 e. The Balaban J connectivity index is 1.09. The molecule has 6 unspecified atom stereocenters. The quantitative estimate of drug-likeness (QED) is 0.00976. The first-order valence-electron chi connectivity index (χ1n) is 42.6. The highest BCUT2D eigenvalue weighted by Gasteiger charge is 2.50. The molecular formula is C84H143N8O18PS. The van der Waals surface area contributed by atoms with E-state index in [0.29, 0.717) is 66.7 Å². The number of nitrogens with zero attached hydrogens (tertiary/aromatic N) is 1. The van der Waals surface area contributed by atoms with Crippen molar-refractivity contribution in [3.05, 3.63) is 46.6 Å². The number of nitrogens with one attached hydrogen (secondary N) is 7. The van der Waals surface area contributed by atoms with Gasteiger partial charge in [0.2, 0.25) is 23.4 Å². The van der Waals surface area contributed by atoms with Gasteiger partial charge in [-0.2, -0.15) is 0 Å². The highest BCUT2D eigenvalue weighted by atomic mass is 32.2. The first-order valence-corrected chi connectivity index (χ1v) is 45.4. The number of carboxylic acid groups (broad SMARTS) is 1. The van der Waals surface area contributed by atoms with E-state index in [-0.39, 0.29) is 76.9 Å². The molecule has 1 fully saturated rings. The van der Waals surface area contributed by atoms with E-state index in [9.17, 15) is 57.1 Å². The molecule has 1 aliphatic heterocycles. The number of phosphoric ester groups is 1. The number of fused-ring (bicyclic) bond motifs is 1. The predicted octanol–water partition coefficient (Wildman–Crippen LogP) is 14.2. The minimum atomic E-state index is -4.75. The van der Waals surface area contributed by atoms with Crippen LogP contribution in [0.15, 0.2) is 29.2 Å². The highest BCUT2D eigenvalue weighted by Crippen LogP contribution is 2.43. The molecule has 1 aliphatic carbocycles. The first-order chi connectivity index (χ1) is 53.7. The van der Waals surface area contributed by atoms with Gasteiger partial charge < -0.3 is 60.8 Å². The zero-order chi connectivity index (χ0) is 81.8. The third kappa shape index (κ3) is 43.3. The van der Waals surface area contributed by atoms with Crippen LogP contribution < -0.4 is 42.0 Å². The Kier molecular flexibility index (Phi) is 50.5. The summed E-state index contributed by atoms with van der Waals surface area (Å²) in [4.78, 5) is 118. The van der Waals surface area contributed by atoms with Crippen molar-refractivity contribution in [1.82, 2.24) is 36.9 Å². The monoisotopic (exact) mass is 1610 g/mol. The lowest BCUT2D eigenvalue weighted by molar-refractivity contribution is -0.161. The number of phosphoric acid groups is 1. The van der Waals surface area contributed by atoms with Gasteiger partial charge in [0.15, 0.2) is 12.3 Å². The van der Waals surface area contributed by atoms with Crippen LogP contribution in [-0.2, 0) is 89.8 Å². The average Bonchev–Trinajstić information content (AvgIpc) is 0.774. The number of aliphatic carboxylic acids is 1. The lowest BCUT2D eigenvalue weighted by Crippen LogP contribution is -2.72. The van der Waals surface area contributed by atoms with Gasteiger partial charge in [-0.15, -0.1) is 0 Å². The molecule has 4 rings (SSSR count). The normalized spacial score (nSPS) is 15.6. The second-order valence-corrected chi connectivity index (χ2v) is 34.4. The van der Waals surface area contributed by atoms with Crippen LogP contribution in [0.1, 0.15) is 314 Å². The summed E-state index contributed by atoms with van der Waals surface area (Å²) >= 11 is 0. The molecule has 28 heteroatoms. The molecule has 1 aromatic heterocycles. The summed E-state index contributed by atoms with van der Waals surface area (Å²) in [6.07, 6.45) is 38.5. The van der Waals surface area contributed by atoms with Gasteiger partial charge in [0, 0.05) is 74.6 Å². The van der Waals surface area contributed by atoms with Gasteiger partial charge in [-0.25, -0.2) is 14.3 Å². The standard InChI is InChI=1S/C84H143N8O18PS/c1-9-11-13-15-17-19-21-23-25-27-29-31-33-35-37-47-72(95)106-61-69(110-73(96)48-38-36-34-32-30-28-26-24-22-20-18-16-14-12-10-2)62-109-111(102,103)108-58-55-88-82(101)84(7,8)107-57-51-83(5,6)92-75-74(76(97)77(75)98)86-54-53-85-70(93)46-42-56-105-68-59-64(3)78(65(4)60-68)112(104)63-89-80(81(99)100)91-71(94)45-40-39-44-67-50-49-66-43-41-52-87-79(66)90-67/h49-50,59-60,69,74-75,80,86,89,92H,9-48,51-58,61-63H2,1-8H3,(H,85,93)(H,87,90)(H,88,101)(H,91,94)(H,99,100)(H,102,103). The smallest absolute Gasteiger partial charge is 0.472 e. The number of unbranched alkanes of at least 4 members (excludes halogenated alkanes) is 29. The topological polar surface area (TPSA) is 364 Å². The van der Waals surface area contributed by atoms with E-state index >= 15 is 0 Å². The maximum absolute atomic E-state index is 13.5. The number of amides is 3. The van der Waals surface area contributed by atoms with Crippen molar-refractivity contribution in [2.24, 2.45) is 0 Å². The molecule has 0 bridgehead atoms. The molecule has 2 aliphatic rings. The number of aromatic nitrogens is 1. The van der Waals surface area contributed by atoms with Crippen molar-refractivity contribution in [2.75, 3.05) is 70.4 Å². The number of hydrogen-bond donors (Lipinski definition) is 9. The Bertz CT molecular complexity index is 3160. The molecule has 2 aromatic rings. The highest BCUT2D eigenvalue weighted by molar-refractivity contribution is 7.85. The van der Waals surface area contributed by atoms with Crippen LogP contribution in [0, 0.1) is 13.8 Å². The molecule has 112 heavy (non-hydrogen) atoms. The molecule has 9 N–H and O–H groups in total. The summed E-state index contributed by atoms with van der Waals surface area (Å²) in [7, 11) is -6.43. The van der Waals surface area contributed by atoms with Crippen molar-refractivity contribution >= 4 is 71.6 Å². The van der Waals surface area contributed by atoms with E-state index in [1.165, 1.54) is 147 Å². The third-order valence-corrected chi connectivity index (χ3v) is 23.0. The Hall–Kier alpha value is -5.77. The molecule has 3 amide bonds. The van der Waals surface area contributed by atoms with Crippen LogP contribution in [0.25, 0.3) is 0 Å². The van der Waals surface area contributed by atoms with E-state index in [4.69, 9.17) is 28.0 Å². The van der Waals surface area contributed by atoms with Crippen molar-refractivity contribution in [3.8, 4) is 5.75 Å². The molecule has 638 valence electrons. The second kappa shape index (κ2) is 57.3. The van der Waals surface area contributed by atoms with Crippen LogP contribution in [0.4, 0.5) is 5.82 Å². The first kappa shape index (κ1) is 98.6. The Morgan fingerprint density at radius 3 is 1.73 bits per heavy atom. The zero-order valence-electron chi connectivity index (χ0n) is 69.4. The fourth-order valence-corrected chi connectivity index (χ4v) is 15.8. The number of ether oxygens (including phenoxy) is 4. The number of hydrogen-bond acceptors (Lipinski definition) is 21. The molecule has 2 heterocycles. The summed E-state index contributed by atoms with van der Waals surface area (Å²) in [6, 6.07) is 5.85. The average molecular weight is 1620 g/mol. The number of rotatable bonds is 69. The number of carbonyl (C=O) groups is 8. The van der Waals surface area contributed by atoms with Crippen molar-refractivity contribution < 1.29 is 85.1 Å². The lowest BCUT2D eigenvalue weighted by atomic mass is 9.81. The minimum Gasteiger partial charge on any atom is -0.494 e.